The molecule has 4 rings (SSSR count). The van der Waals surface area contributed by atoms with Gasteiger partial charge in [-0.1, -0.05) is 54.6 Å². The summed E-state index contributed by atoms with van der Waals surface area (Å²) in [6.07, 6.45) is 3.54. The fourth-order valence-corrected chi connectivity index (χ4v) is 3.84. The second-order valence-corrected chi connectivity index (χ2v) is 7.81. The van der Waals surface area contributed by atoms with Gasteiger partial charge in [0.25, 0.3) is 5.91 Å². The average Bonchev–Trinajstić information content (AvgIpc) is 3.13. The van der Waals surface area contributed by atoms with Crippen molar-refractivity contribution in [3.63, 3.8) is 0 Å². The molecular formula is C27H27N3O2. The van der Waals surface area contributed by atoms with Gasteiger partial charge in [-0.05, 0) is 48.7 Å². The fourth-order valence-electron chi connectivity index (χ4n) is 3.84. The van der Waals surface area contributed by atoms with E-state index >= 15 is 0 Å². The van der Waals surface area contributed by atoms with Crippen molar-refractivity contribution >= 4 is 5.91 Å². The highest BCUT2D eigenvalue weighted by atomic mass is 16.5. The summed E-state index contributed by atoms with van der Waals surface area (Å²) in [5.74, 6) is -0.0843. The molecule has 2 heterocycles. The molecule has 0 aliphatic carbocycles. The molecular weight excluding hydrogens is 398 g/mol. The molecule has 0 spiro atoms. The van der Waals surface area contributed by atoms with Crippen molar-refractivity contribution in [2.75, 3.05) is 0 Å². The lowest BCUT2D eigenvalue weighted by Crippen LogP contribution is -2.23. The number of hydrogen-bond donors (Lipinski definition) is 1. The van der Waals surface area contributed by atoms with Gasteiger partial charge in [0.15, 0.2) is 0 Å². The molecule has 1 N–H and O–H groups in total. The first-order valence-corrected chi connectivity index (χ1v) is 10.7. The van der Waals surface area contributed by atoms with Crippen LogP contribution in [0.3, 0.4) is 0 Å². The lowest BCUT2D eigenvalue weighted by Gasteiger charge is -2.10. The first kappa shape index (κ1) is 21.5. The molecule has 0 aliphatic heterocycles. The summed E-state index contributed by atoms with van der Waals surface area (Å²) in [6, 6.07) is 24.0. The largest absolute Gasteiger partial charge is 0.372 e. The zero-order valence-electron chi connectivity index (χ0n) is 18.4. The van der Waals surface area contributed by atoms with Crippen molar-refractivity contribution in [3.8, 4) is 5.69 Å². The van der Waals surface area contributed by atoms with E-state index < -0.39 is 0 Å². The van der Waals surface area contributed by atoms with Crippen LogP contribution in [0.2, 0.25) is 0 Å². The number of amides is 1. The third kappa shape index (κ3) is 5.13. The first-order valence-electron chi connectivity index (χ1n) is 10.7. The van der Waals surface area contributed by atoms with Gasteiger partial charge in [-0.2, -0.15) is 0 Å². The van der Waals surface area contributed by atoms with E-state index in [1.165, 1.54) is 0 Å². The summed E-state index contributed by atoms with van der Waals surface area (Å²) >= 11 is 0. The van der Waals surface area contributed by atoms with Gasteiger partial charge in [-0.15, -0.1) is 0 Å². The van der Waals surface area contributed by atoms with Crippen LogP contribution < -0.4 is 5.32 Å². The predicted molar refractivity (Wildman–Crippen MR) is 126 cm³/mol. The Bertz CT molecular complexity index is 1180. The van der Waals surface area contributed by atoms with Crippen LogP contribution in [0.15, 0.2) is 85.2 Å². The summed E-state index contributed by atoms with van der Waals surface area (Å²) in [5, 5.41) is 3.05. The zero-order valence-corrected chi connectivity index (χ0v) is 18.4. The zero-order chi connectivity index (χ0) is 22.3. The van der Waals surface area contributed by atoms with Crippen LogP contribution in [0.1, 0.15) is 38.4 Å². The van der Waals surface area contributed by atoms with E-state index in [0.717, 1.165) is 33.8 Å². The van der Waals surface area contributed by atoms with Crippen LogP contribution >= 0.6 is 0 Å². The number of ether oxygens (including phenoxy) is 1. The molecule has 0 fully saturated rings. The van der Waals surface area contributed by atoms with E-state index in [1.807, 2.05) is 73.0 Å². The number of pyridine rings is 1. The van der Waals surface area contributed by atoms with E-state index in [4.69, 9.17) is 4.74 Å². The van der Waals surface area contributed by atoms with Crippen molar-refractivity contribution in [2.45, 2.75) is 33.6 Å². The highest BCUT2D eigenvalue weighted by Gasteiger charge is 2.16. The maximum Gasteiger partial charge on any atom is 0.253 e. The molecule has 0 saturated carbocycles. The topological polar surface area (TPSA) is 56.1 Å². The van der Waals surface area contributed by atoms with Gasteiger partial charge < -0.3 is 14.6 Å². The number of aryl methyl sites for hydroxylation is 1. The van der Waals surface area contributed by atoms with Crippen molar-refractivity contribution < 1.29 is 9.53 Å². The molecule has 0 bridgehead atoms. The second kappa shape index (κ2) is 10.1. The van der Waals surface area contributed by atoms with Gasteiger partial charge in [0, 0.05) is 24.1 Å². The third-order valence-electron chi connectivity index (χ3n) is 5.40. The van der Waals surface area contributed by atoms with Gasteiger partial charge >= 0.3 is 0 Å². The van der Waals surface area contributed by atoms with Crippen molar-refractivity contribution in [1.29, 1.82) is 0 Å². The summed E-state index contributed by atoms with van der Waals surface area (Å²) in [5.41, 5.74) is 6.80. The van der Waals surface area contributed by atoms with E-state index in [1.54, 1.807) is 12.4 Å². The number of benzene rings is 2. The quantitative estimate of drug-likeness (QED) is 0.425. The molecule has 1 amide bonds. The maximum atomic E-state index is 12.9. The van der Waals surface area contributed by atoms with Gasteiger partial charge in [-0.25, -0.2) is 0 Å². The molecule has 32 heavy (non-hydrogen) atoms. The Labute approximate surface area is 188 Å². The first-order chi connectivity index (χ1) is 15.6. The normalized spacial score (nSPS) is 10.8. The Balaban J connectivity index is 1.37. The van der Waals surface area contributed by atoms with E-state index in [0.29, 0.717) is 25.3 Å². The second-order valence-electron chi connectivity index (χ2n) is 7.81. The van der Waals surface area contributed by atoms with Crippen LogP contribution in [0, 0.1) is 13.8 Å². The molecule has 0 unspecified atom stereocenters. The van der Waals surface area contributed by atoms with Crippen LogP contribution in [0.5, 0.6) is 0 Å². The molecule has 4 aromatic rings. The molecule has 5 heteroatoms. The van der Waals surface area contributed by atoms with E-state index in [9.17, 15) is 4.79 Å². The highest BCUT2D eigenvalue weighted by Crippen LogP contribution is 2.20. The minimum Gasteiger partial charge on any atom is -0.372 e. The standard InChI is InChI=1S/C27H27N3O2/c1-20-14-26(21(2)30(20)25-12-7-13-28-17-25)27(31)29-16-23-10-6-11-24(15-23)19-32-18-22-8-4-3-5-9-22/h3-15,17H,16,18-19H2,1-2H3,(H,29,31). The van der Waals surface area contributed by atoms with Crippen LogP contribution in [-0.2, 0) is 24.5 Å². The number of nitrogens with one attached hydrogen (secondary N) is 1. The summed E-state index contributed by atoms with van der Waals surface area (Å²) < 4.78 is 7.88. The summed E-state index contributed by atoms with van der Waals surface area (Å²) in [7, 11) is 0. The Morgan fingerprint density at radius 3 is 2.44 bits per heavy atom. The Morgan fingerprint density at radius 1 is 0.906 bits per heavy atom. The number of hydrogen-bond acceptors (Lipinski definition) is 3. The van der Waals surface area contributed by atoms with Crippen LogP contribution in [0.4, 0.5) is 0 Å². The number of carbonyl (C=O) groups excluding carboxylic acids is 1. The predicted octanol–water partition coefficient (Wildman–Crippen LogP) is 5.14. The lowest BCUT2D eigenvalue weighted by atomic mass is 10.1. The minimum absolute atomic E-state index is 0.0843. The van der Waals surface area contributed by atoms with Crippen molar-refractivity contribution in [1.82, 2.24) is 14.9 Å². The smallest absolute Gasteiger partial charge is 0.253 e. The lowest BCUT2D eigenvalue weighted by molar-refractivity contribution is 0.0950. The van der Waals surface area contributed by atoms with Gasteiger partial charge in [0.05, 0.1) is 30.7 Å². The number of nitrogens with zero attached hydrogens (tertiary/aromatic N) is 2. The minimum atomic E-state index is -0.0843. The molecule has 0 aliphatic rings. The Hall–Kier alpha value is -3.70. The SMILES string of the molecule is Cc1cc(C(=O)NCc2cccc(COCc3ccccc3)c2)c(C)n1-c1cccnc1. The number of aromatic nitrogens is 2. The molecule has 2 aromatic carbocycles. The molecule has 0 radical (unpaired) electrons. The number of carbonyl (C=O) groups is 1. The van der Waals surface area contributed by atoms with Gasteiger partial charge in [0.1, 0.15) is 0 Å². The highest BCUT2D eigenvalue weighted by molar-refractivity contribution is 5.95. The third-order valence-corrected chi connectivity index (χ3v) is 5.40. The fraction of sp³-hybridized carbons (Fsp3) is 0.185. The number of rotatable bonds is 8. The van der Waals surface area contributed by atoms with Crippen molar-refractivity contribution in [2.24, 2.45) is 0 Å². The van der Waals surface area contributed by atoms with Crippen molar-refractivity contribution in [3.05, 3.63) is 119 Å². The van der Waals surface area contributed by atoms with E-state index in [-0.39, 0.29) is 5.91 Å². The Kier molecular flexibility index (Phi) is 6.78. The molecule has 5 nitrogen and oxygen atoms in total. The van der Waals surface area contributed by atoms with Gasteiger partial charge in [-0.3, -0.25) is 9.78 Å². The van der Waals surface area contributed by atoms with Crippen LogP contribution in [-0.4, -0.2) is 15.5 Å². The maximum absolute atomic E-state index is 12.9. The molecule has 2 aromatic heterocycles. The average molecular weight is 426 g/mol. The Morgan fingerprint density at radius 2 is 1.66 bits per heavy atom. The van der Waals surface area contributed by atoms with E-state index in [2.05, 4.69) is 28.5 Å². The summed E-state index contributed by atoms with van der Waals surface area (Å²) in [6.45, 7) is 5.52. The van der Waals surface area contributed by atoms with Gasteiger partial charge in [0.2, 0.25) is 0 Å². The van der Waals surface area contributed by atoms with Crippen LogP contribution in [0.25, 0.3) is 5.69 Å². The monoisotopic (exact) mass is 425 g/mol. The molecule has 0 atom stereocenters. The molecule has 0 saturated heterocycles. The molecule has 162 valence electrons. The summed E-state index contributed by atoms with van der Waals surface area (Å²) in [4.78, 5) is 17.1.